The fourth-order valence-corrected chi connectivity index (χ4v) is 8.83. The number of carbonyl (C=O) groups excluding carboxylic acids is 6. The summed E-state index contributed by atoms with van der Waals surface area (Å²) in [5.74, 6) is -11.6. The Balaban J connectivity index is 3.09. The Morgan fingerprint density at radius 1 is 0.909 bits per heavy atom. The fraction of sp³-hybridized carbons (Fsp3) is 0.333. The van der Waals surface area contributed by atoms with Gasteiger partial charge < -0.3 is 26.2 Å². The number of halogens is 3. The quantitative estimate of drug-likeness (QED) is 0.0471. The predicted octanol–water partition coefficient (Wildman–Crippen LogP) is 1.06. The molecule has 0 aliphatic heterocycles. The van der Waals surface area contributed by atoms with E-state index in [2.05, 4.69) is 22.6 Å². The Morgan fingerprint density at radius 2 is 1.41 bits per heavy atom. The molecule has 0 heterocycles. The van der Waals surface area contributed by atoms with Crippen LogP contribution in [-0.4, -0.2) is 89.0 Å². The first-order chi connectivity index (χ1) is 20.0. The average molecular weight is 950 g/mol. The van der Waals surface area contributed by atoms with E-state index in [-0.39, 0.29) is 5.56 Å². The first-order valence-corrected chi connectivity index (χ1v) is 15.5. The monoisotopic (exact) mass is 950 g/mol. The molecule has 44 heavy (non-hydrogen) atoms. The molecule has 236 valence electrons. The van der Waals surface area contributed by atoms with E-state index in [4.69, 9.17) is 5.73 Å². The molecule has 17 heteroatoms. The number of benzene rings is 2. The summed E-state index contributed by atoms with van der Waals surface area (Å²) < 4.78 is 2.19. The van der Waals surface area contributed by atoms with Gasteiger partial charge in [-0.2, -0.15) is 0 Å². The van der Waals surface area contributed by atoms with Gasteiger partial charge in [0, 0.05) is 29.3 Å². The molecule has 0 aromatic heterocycles. The molecule has 5 atom stereocenters. The Bertz CT molecular complexity index is 1600. The number of hydrogen-bond acceptors (Lipinski definition) is 13. The van der Waals surface area contributed by atoms with Gasteiger partial charge in [0.1, 0.15) is 6.10 Å². The number of nitrogens with zero attached hydrogens (tertiary/aromatic N) is 1. The zero-order chi connectivity index (χ0) is 34.3. The molecule has 0 fully saturated rings. The number of aliphatic hydroxyl groups excluding tert-OH is 2. The number of carbonyl (C=O) groups is 6. The molecule has 0 aliphatic carbocycles. The molecular formula is C27H25I3N2O12. The van der Waals surface area contributed by atoms with Crippen LogP contribution in [0.3, 0.4) is 0 Å². The number of ketones is 6. The van der Waals surface area contributed by atoms with Crippen molar-refractivity contribution in [3.63, 3.8) is 0 Å². The van der Waals surface area contributed by atoms with Gasteiger partial charge in [-0.25, -0.2) is 0 Å². The molecule has 2 unspecified atom stereocenters. The van der Waals surface area contributed by atoms with E-state index in [1.54, 1.807) is 12.1 Å². The first-order valence-electron chi connectivity index (χ1n) is 12.2. The number of nitrogens with two attached hydrogens (primary N) is 1. The van der Waals surface area contributed by atoms with Crippen molar-refractivity contribution in [2.75, 3.05) is 0 Å². The lowest BCUT2D eigenvalue weighted by atomic mass is 9.59. The highest BCUT2D eigenvalue weighted by molar-refractivity contribution is 14.1. The maximum absolute atomic E-state index is 14.1. The molecule has 0 radical (unpaired) electrons. The molecular weight excluding hydrogens is 925 g/mol. The Labute approximate surface area is 290 Å². The molecule has 0 spiro atoms. The van der Waals surface area contributed by atoms with Crippen LogP contribution in [0.2, 0.25) is 0 Å². The highest BCUT2D eigenvalue weighted by Crippen LogP contribution is 2.41. The number of nitro groups is 1. The van der Waals surface area contributed by atoms with Crippen LogP contribution in [0, 0.1) is 20.8 Å². The van der Waals surface area contributed by atoms with Crippen molar-refractivity contribution in [2.45, 2.75) is 56.6 Å². The summed E-state index contributed by atoms with van der Waals surface area (Å²) in [6, 6.07) is 6.53. The minimum atomic E-state index is -4.34. The second kappa shape index (κ2) is 13.7. The molecule has 0 aliphatic rings. The van der Waals surface area contributed by atoms with Gasteiger partial charge in [-0.1, -0.05) is 6.07 Å². The average Bonchev–Trinajstić information content (AvgIpc) is 2.92. The lowest BCUT2D eigenvalue weighted by molar-refractivity contribution is -0.385. The normalized spacial score (nSPS) is 16.8. The van der Waals surface area contributed by atoms with Crippen LogP contribution in [-0.2, 0) is 24.0 Å². The van der Waals surface area contributed by atoms with Crippen LogP contribution in [0.5, 0.6) is 0 Å². The van der Waals surface area contributed by atoms with Crippen LogP contribution in [0.15, 0.2) is 30.3 Å². The third kappa shape index (κ3) is 6.16. The summed E-state index contributed by atoms with van der Waals surface area (Å²) in [6.45, 7) is 2.23. The third-order valence-electron chi connectivity index (χ3n) is 6.97. The summed E-state index contributed by atoms with van der Waals surface area (Å²) in [5, 5.41) is 55.4. The van der Waals surface area contributed by atoms with Gasteiger partial charge in [-0.05, 0) is 112 Å². The minimum Gasteiger partial charge on any atom is -0.390 e. The van der Waals surface area contributed by atoms with Crippen molar-refractivity contribution in [3.8, 4) is 11.1 Å². The van der Waals surface area contributed by atoms with E-state index in [1.165, 1.54) is 6.07 Å². The number of hydrogen-bond donors (Lipinski definition) is 5. The fourth-order valence-electron chi connectivity index (χ4n) is 4.63. The summed E-state index contributed by atoms with van der Waals surface area (Å²) >= 11 is 6.06. The molecule has 14 nitrogen and oxygen atoms in total. The number of nitro benzene ring substituents is 1. The van der Waals surface area contributed by atoms with Crippen molar-refractivity contribution in [2.24, 2.45) is 5.73 Å². The molecule has 0 saturated heterocycles. The SMILES string of the molecule is CC(=O)C(=O)[C@@](N)(C(=O)c1ccc(-c2c(I)cc(I)cc2I)cc1[N+](=O)[O-])[C@](O)(C(C)=O)[C@@](O)(C(C)=O)C(=O)C(O)C(C)O. The minimum absolute atomic E-state index is 0.219. The van der Waals surface area contributed by atoms with Crippen LogP contribution in [0.1, 0.15) is 38.1 Å². The summed E-state index contributed by atoms with van der Waals surface area (Å²) in [5.41, 5.74) is -7.85. The van der Waals surface area contributed by atoms with E-state index in [1.807, 2.05) is 45.2 Å². The van der Waals surface area contributed by atoms with Gasteiger partial charge in [-0.15, -0.1) is 0 Å². The zero-order valence-electron chi connectivity index (χ0n) is 23.3. The topological polar surface area (TPSA) is 252 Å². The van der Waals surface area contributed by atoms with E-state index in [9.17, 15) is 59.3 Å². The Morgan fingerprint density at radius 3 is 1.80 bits per heavy atom. The van der Waals surface area contributed by atoms with Gasteiger partial charge in [0.05, 0.1) is 16.6 Å². The van der Waals surface area contributed by atoms with Crippen molar-refractivity contribution in [3.05, 3.63) is 56.7 Å². The van der Waals surface area contributed by atoms with Crippen LogP contribution >= 0.6 is 67.8 Å². The van der Waals surface area contributed by atoms with Crippen molar-refractivity contribution < 1.29 is 54.1 Å². The standard InChI is InChI=1S/C27H25I3N2O12/c1-10(33)21(37)24(40)26(41,12(3)35)27(42,13(4)36)25(31,22(38)11(2)34)23(39)16-6-5-14(7-19(16)32(43)44)20-17(29)8-15(28)9-18(20)30/h5-10,21,33,37,41-42H,31H2,1-4H3/t10?,21?,25-,26-,27-/m1/s1. The summed E-state index contributed by atoms with van der Waals surface area (Å²) in [6.07, 6.45) is -4.72. The van der Waals surface area contributed by atoms with Gasteiger partial charge in [-0.3, -0.25) is 38.9 Å². The third-order valence-corrected chi connectivity index (χ3v) is 9.29. The summed E-state index contributed by atoms with van der Waals surface area (Å²) in [7, 11) is 0. The highest BCUT2D eigenvalue weighted by atomic mass is 127. The van der Waals surface area contributed by atoms with Gasteiger partial charge in [0.25, 0.3) is 5.69 Å². The van der Waals surface area contributed by atoms with Crippen LogP contribution in [0.25, 0.3) is 11.1 Å². The second-order valence-corrected chi connectivity index (χ2v) is 13.4. The highest BCUT2D eigenvalue weighted by Gasteiger charge is 2.76. The number of rotatable bonds is 13. The van der Waals surface area contributed by atoms with E-state index >= 15 is 0 Å². The largest absolute Gasteiger partial charge is 0.390 e. The van der Waals surface area contributed by atoms with Gasteiger partial charge in [0.15, 0.2) is 28.5 Å². The van der Waals surface area contributed by atoms with E-state index in [0.717, 1.165) is 22.6 Å². The maximum Gasteiger partial charge on any atom is 0.280 e. The van der Waals surface area contributed by atoms with E-state index in [0.29, 0.717) is 33.5 Å². The molecule has 6 N–H and O–H groups in total. The molecule has 2 aromatic rings. The molecule has 0 amide bonds. The number of Topliss-reactive ketones (excluding diaryl/α,β-unsaturated/α-hetero) is 6. The molecule has 2 rings (SSSR count). The summed E-state index contributed by atoms with van der Waals surface area (Å²) in [4.78, 5) is 90.2. The van der Waals surface area contributed by atoms with Crippen molar-refractivity contribution >= 4 is 108 Å². The van der Waals surface area contributed by atoms with Gasteiger partial charge >= 0.3 is 0 Å². The molecule has 2 aromatic carbocycles. The van der Waals surface area contributed by atoms with Crippen molar-refractivity contribution in [1.29, 1.82) is 0 Å². The molecule has 0 bridgehead atoms. The first kappa shape index (κ1) is 38.0. The second-order valence-electron chi connectivity index (χ2n) is 9.84. The van der Waals surface area contributed by atoms with Crippen LogP contribution in [0.4, 0.5) is 5.69 Å². The predicted molar refractivity (Wildman–Crippen MR) is 178 cm³/mol. The Kier molecular flexibility index (Phi) is 11.8. The van der Waals surface area contributed by atoms with Gasteiger partial charge in [0.2, 0.25) is 23.0 Å². The van der Waals surface area contributed by atoms with Crippen molar-refractivity contribution in [1.82, 2.24) is 0 Å². The van der Waals surface area contributed by atoms with E-state index < -0.39 is 79.8 Å². The lowest BCUT2D eigenvalue weighted by Gasteiger charge is -2.47. The lowest BCUT2D eigenvalue weighted by Crippen LogP contribution is -2.85. The molecule has 0 saturated carbocycles. The maximum atomic E-state index is 14.1. The smallest absolute Gasteiger partial charge is 0.280 e. The Hall–Kier alpha value is -2.15. The number of aliphatic hydroxyl groups is 4. The zero-order valence-corrected chi connectivity index (χ0v) is 29.7. The van der Waals surface area contributed by atoms with Crippen LogP contribution < -0.4 is 5.73 Å².